The van der Waals surface area contributed by atoms with Crippen molar-refractivity contribution in [3.63, 3.8) is 0 Å². The van der Waals surface area contributed by atoms with E-state index in [1.807, 2.05) is 42.5 Å². The van der Waals surface area contributed by atoms with Crippen LogP contribution in [0.1, 0.15) is 51.8 Å². The van der Waals surface area contributed by atoms with Crippen LogP contribution in [0.25, 0.3) is 0 Å². The lowest BCUT2D eigenvalue weighted by atomic mass is 9.75. The minimum absolute atomic E-state index is 0.205. The van der Waals surface area contributed by atoms with Gasteiger partial charge in [-0.05, 0) is 79.1 Å². The van der Waals surface area contributed by atoms with E-state index >= 15 is 0 Å². The molecule has 0 radical (unpaired) electrons. The Morgan fingerprint density at radius 2 is 1.68 bits per heavy atom. The highest BCUT2D eigenvalue weighted by Gasteiger charge is 2.39. The van der Waals surface area contributed by atoms with Gasteiger partial charge in [0.25, 0.3) is 0 Å². The molecule has 34 heavy (non-hydrogen) atoms. The number of nitrogens with one attached hydrogen (secondary N) is 1. The van der Waals surface area contributed by atoms with E-state index in [2.05, 4.69) is 50.4 Å². The number of hydrogen-bond donors (Lipinski definition) is 1. The van der Waals surface area contributed by atoms with Crippen molar-refractivity contribution < 1.29 is 8.42 Å². The van der Waals surface area contributed by atoms with E-state index in [1.165, 1.54) is 26.6 Å². The normalized spacial score (nSPS) is 21.3. The number of sulfonamides is 1. The van der Waals surface area contributed by atoms with Crippen LogP contribution in [0.15, 0.2) is 77.7 Å². The first-order chi connectivity index (χ1) is 16.3. The number of aryl methyl sites for hydroxylation is 3. The molecular weight excluding hydrogens is 440 g/mol. The molecule has 0 bridgehead atoms. The Morgan fingerprint density at radius 1 is 0.971 bits per heavy atom. The molecule has 0 saturated carbocycles. The second-order valence-corrected chi connectivity index (χ2v) is 11.8. The molecule has 3 aromatic carbocycles. The first-order valence-electron chi connectivity index (χ1n) is 11.9. The van der Waals surface area contributed by atoms with Crippen LogP contribution >= 0.6 is 0 Å². The molecule has 4 nitrogen and oxygen atoms in total. The zero-order chi connectivity index (χ0) is 24.0. The predicted molar refractivity (Wildman–Crippen MR) is 139 cm³/mol. The van der Waals surface area contributed by atoms with E-state index in [0.29, 0.717) is 17.4 Å². The average molecular weight is 473 g/mol. The zero-order valence-electron chi connectivity index (χ0n) is 20.2. The molecule has 3 atom stereocenters. The summed E-state index contributed by atoms with van der Waals surface area (Å²) in [5.74, 6) is 0.573. The zero-order valence-corrected chi connectivity index (χ0v) is 21.1. The molecule has 0 spiro atoms. The van der Waals surface area contributed by atoms with Crippen molar-refractivity contribution in [3.05, 3.63) is 106 Å². The Bertz CT molecular complexity index is 1340. The number of hydrogen-bond acceptors (Lipinski definition) is 3. The Kier molecular flexibility index (Phi) is 5.86. The summed E-state index contributed by atoms with van der Waals surface area (Å²) in [6, 6.07) is 20.0. The molecule has 1 N–H and O–H groups in total. The highest BCUT2D eigenvalue weighted by Crippen LogP contribution is 2.51. The van der Waals surface area contributed by atoms with Gasteiger partial charge in [-0.2, -0.15) is 4.31 Å². The SMILES string of the molecule is Cc1cc(C)c(C2Nc3ccc(S(=O)(=O)N(C)Cc4ccccc4)cc3C3C=CCC32)c(C)c1. The summed E-state index contributed by atoms with van der Waals surface area (Å²) < 4.78 is 28.3. The fraction of sp³-hybridized carbons (Fsp3) is 0.310. The summed E-state index contributed by atoms with van der Waals surface area (Å²) in [4.78, 5) is 0.353. The van der Waals surface area contributed by atoms with Crippen LogP contribution in [-0.4, -0.2) is 19.8 Å². The maximum atomic E-state index is 13.4. The van der Waals surface area contributed by atoms with Crippen LogP contribution in [0.4, 0.5) is 5.69 Å². The smallest absolute Gasteiger partial charge is 0.243 e. The van der Waals surface area contributed by atoms with E-state index in [-0.39, 0.29) is 12.0 Å². The van der Waals surface area contributed by atoms with E-state index in [4.69, 9.17) is 0 Å². The highest BCUT2D eigenvalue weighted by atomic mass is 32.2. The van der Waals surface area contributed by atoms with Gasteiger partial charge in [-0.3, -0.25) is 0 Å². The van der Waals surface area contributed by atoms with Crippen LogP contribution in [0.2, 0.25) is 0 Å². The largest absolute Gasteiger partial charge is 0.378 e. The van der Waals surface area contributed by atoms with Crippen molar-refractivity contribution in [2.75, 3.05) is 12.4 Å². The minimum Gasteiger partial charge on any atom is -0.378 e. The standard InChI is InChI=1S/C29H32N2O2S/c1-19-15-20(2)28(21(3)16-19)29-25-12-8-11-24(25)26-17-23(13-14-27(26)30-29)34(32,33)31(4)18-22-9-6-5-7-10-22/h5-11,13-17,24-25,29-30H,12,18H2,1-4H3. The summed E-state index contributed by atoms with van der Waals surface area (Å²) >= 11 is 0. The van der Waals surface area contributed by atoms with E-state index < -0.39 is 10.0 Å². The van der Waals surface area contributed by atoms with Crippen molar-refractivity contribution in [2.24, 2.45) is 5.92 Å². The van der Waals surface area contributed by atoms with Gasteiger partial charge in [-0.1, -0.05) is 60.2 Å². The average Bonchev–Trinajstić information content (AvgIpc) is 3.29. The molecule has 2 aliphatic rings. The number of allylic oxidation sites excluding steroid dienone is 2. The summed E-state index contributed by atoms with van der Waals surface area (Å²) in [6.07, 6.45) is 5.50. The molecule has 5 rings (SSSR count). The number of benzene rings is 3. The van der Waals surface area contributed by atoms with Crippen LogP contribution < -0.4 is 5.32 Å². The topological polar surface area (TPSA) is 49.4 Å². The first kappa shape index (κ1) is 22.9. The van der Waals surface area contributed by atoms with Crippen LogP contribution in [0, 0.1) is 26.7 Å². The second kappa shape index (κ2) is 8.71. The number of fused-ring (bicyclic) bond motifs is 3. The Labute approximate surface area is 203 Å². The Hall–Kier alpha value is -2.89. The predicted octanol–water partition coefficient (Wildman–Crippen LogP) is 6.26. The maximum absolute atomic E-state index is 13.4. The van der Waals surface area contributed by atoms with Crippen LogP contribution in [-0.2, 0) is 16.6 Å². The van der Waals surface area contributed by atoms with Gasteiger partial charge in [0, 0.05) is 25.2 Å². The van der Waals surface area contributed by atoms with Crippen molar-refractivity contribution in [3.8, 4) is 0 Å². The third-order valence-electron chi connectivity index (χ3n) is 7.34. The van der Waals surface area contributed by atoms with Crippen molar-refractivity contribution in [1.29, 1.82) is 0 Å². The number of rotatable bonds is 5. The molecule has 0 aromatic heterocycles. The molecule has 0 saturated heterocycles. The summed E-state index contributed by atoms with van der Waals surface area (Å²) in [7, 11) is -1.95. The molecule has 1 aliphatic carbocycles. The van der Waals surface area contributed by atoms with Gasteiger partial charge in [-0.25, -0.2) is 8.42 Å². The van der Waals surface area contributed by atoms with Gasteiger partial charge in [0.1, 0.15) is 0 Å². The van der Waals surface area contributed by atoms with Crippen molar-refractivity contribution in [1.82, 2.24) is 4.31 Å². The van der Waals surface area contributed by atoms with Gasteiger partial charge in [-0.15, -0.1) is 0 Å². The summed E-state index contributed by atoms with van der Waals surface area (Å²) in [5.41, 5.74) is 8.35. The fourth-order valence-electron chi connectivity index (χ4n) is 5.81. The molecule has 1 aliphatic heterocycles. The molecule has 1 heterocycles. The minimum atomic E-state index is -3.60. The fourth-order valence-corrected chi connectivity index (χ4v) is 7.00. The number of nitrogens with zero attached hydrogens (tertiary/aromatic N) is 1. The summed E-state index contributed by atoms with van der Waals surface area (Å²) in [6.45, 7) is 6.88. The monoisotopic (exact) mass is 472 g/mol. The molecule has 3 aromatic rings. The maximum Gasteiger partial charge on any atom is 0.243 e. The third kappa shape index (κ3) is 3.97. The van der Waals surface area contributed by atoms with Crippen LogP contribution in [0.3, 0.4) is 0 Å². The van der Waals surface area contributed by atoms with Crippen molar-refractivity contribution in [2.45, 2.75) is 50.6 Å². The van der Waals surface area contributed by atoms with Crippen LogP contribution in [0.5, 0.6) is 0 Å². The van der Waals surface area contributed by atoms with Crippen molar-refractivity contribution >= 4 is 15.7 Å². The molecule has 176 valence electrons. The molecule has 0 amide bonds. The van der Waals surface area contributed by atoms with E-state index in [9.17, 15) is 8.42 Å². The molecular formula is C29H32N2O2S. The lowest BCUT2D eigenvalue weighted by molar-refractivity contribution is 0.422. The lowest BCUT2D eigenvalue weighted by Crippen LogP contribution is -2.31. The lowest BCUT2D eigenvalue weighted by Gasteiger charge is -2.39. The molecule has 0 fully saturated rings. The van der Waals surface area contributed by atoms with Gasteiger partial charge >= 0.3 is 0 Å². The molecule has 3 unspecified atom stereocenters. The quantitative estimate of drug-likeness (QED) is 0.446. The molecule has 5 heteroatoms. The first-order valence-corrected chi connectivity index (χ1v) is 13.3. The van der Waals surface area contributed by atoms with Gasteiger partial charge in [0.2, 0.25) is 10.0 Å². The van der Waals surface area contributed by atoms with E-state index in [0.717, 1.165) is 23.2 Å². The van der Waals surface area contributed by atoms with E-state index in [1.54, 1.807) is 13.1 Å². The summed E-state index contributed by atoms with van der Waals surface area (Å²) in [5, 5.41) is 3.79. The van der Waals surface area contributed by atoms with Gasteiger partial charge < -0.3 is 5.32 Å². The Morgan fingerprint density at radius 3 is 2.38 bits per heavy atom. The van der Waals surface area contributed by atoms with Gasteiger partial charge in [0.15, 0.2) is 0 Å². The Balaban J connectivity index is 1.49. The highest BCUT2D eigenvalue weighted by molar-refractivity contribution is 7.89. The number of anilines is 1. The van der Waals surface area contributed by atoms with Gasteiger partial charge in [0.05, 0.1) is 10.9 Å². The second-order valence-electron chi connectivity index (χ2n) is 9.78. The third-order valence-corrected chi connectivity index (χ3v) is 9.14.